The summed E-state index contributed by atoms with van der Waals surface area (Å²) in [5.74, 6) is -1.14. The highest BCUT2D eigenvalue weighted by Gasteiger charge is 2.14. The molecule has 108 valence electrons. The highest BCUT2D eigenvalue weighted by Crippen LogP contribution is 2.29. The summed E-state index contributed by atoms with van der Waals surface area (Å²) in [5, 5.41) is 15.9. The second-order valence-corrected chi connectivity index (χ2v) is 6.29. The van der Waals surface area contributed by atoms with Crippen LogP contribution < -0.4 is 0 Å². The third-order valence-corrected chi connectivity index (χ3v) is 4.63. The molecule has 2 aromatic rings. The first-order valence-corrected chi connectivity index (χ1v) is 8.16. The summed E-state index contributed by atoms with van der Waals surface area (Å²) in [5.41, 5.74) is 0. The van der Waals surface area contributed by atoms with Gasteiger partial charge < -0.3 is 4.42 Å². The average Bonchev–Trinajstić information content (AvgIpc) is 3.06. The highest BCUT2D eigenvalue weighted by molar-refractivity contribution is 8.00. The van der Waals surface area contributed by atoms with Crippen LogP contribution in [0.3, 0.4) is 0 Å². The van der Waals surface area contributed by atoms with Gasteiger partial charge in [0.1, 0.15) is 0 Å². The van der Waals surface area contributed by atoms with Crippen molar-refractivity contribution in [3.05, 3.63) is 11.9 Å². The molecule has 0 radical (unpaired) electrons. The second-order valence-electron chi connectivity index (χ2n) is 3.21. The summed E-state index contributed by atoms with van der Waals surface area (Å²) in [6, 6.07) is 0. The van der Waals surface area contributed by atoms with Gasteiger partial charge in [-0.2, -0.15) is 8.78 Å². The molecule has 0 aromatic carbocycles. The van der Waals surface area contributed by atoms with Crippen molar-refractivity contribution in [1.29, 1.82) is 0 Å². The summed E-state index contributed by atoms with van der Waals surface area (Å²) >= 11 is 3.74. The van der Waals surface area contributed by atoms with E-state index in [1.54, 1.807) is 0 Å². The van der Waals surface area contributed by atoms with E-state index in [4.69, 9.17) is 4.42 Å². The molecule has 0 amide bonds. The SMILES string of the molecule is CSc1nnc(-c2nnc(SCCC(F)=C(F)F)o2)s1. The van der Waals surface area contributed by atoms with Gasteiger partial charge in [0.05, 0.1) is 0 Å². The summed E-state index contributed by atoms with van der Waals surface area (Å²) in [6.07, 6.45) is -0.818. The molecular formula is C9H7F3N4OS3. The quantitative estimate of drug-likeness (QED) is 0.740. The van der Waals surface area contributed by atoms with E-state index < -0.39 is 11.9 Å². The normalized spacial score (nSPS) is 10.8. The zero-order chi connectivity index (χ0) is 14.5. The molecule has 0 aliphatic heterocycles. The first-order chi connectivity index (χ1) is 9.60. The summed E-state index contributed by atoms with van der Waals surface area (Å²) in [4.78, 5) is 0. The first-order valence-electron chi connectivity index (χ1n) is 5.14. The minimum absolute atomic E-state index is 0.0803. The molecule has 0 N–H and O–H groups in total. The molecular weight excluding hydrogens is 333 g/mol. The van der Waals surface area contributed by atoms with Crippen molar-refractivity contribution in [2.75, 3.05) is 12.0 Å². The maximum atomic E-state index is 12.6. The van der Waals surface area contributed by atoms with Crippen LogP contribution in [0.4, 0.5) is 13.2 Å². The van der Waals surface area contributed by atoms with E-state index in [0.29, 0.717) is 5.01 Å². The smallest absolute Gasteiger partial charge is 0.301 e. The maximum Gasteiger partial charge on any atom is 0.301 e. The van der Waals surface area contributed by atoms with Gasteiger partial charge in [-0.25, -0.2) is 4.39 Å². The highest BCUT2D eigenvalue weighted by atomic mass is 32.2. The van der Waals surface area contributed by atoms with Crippen molar-refractivity contribution in [3.8, 4) is 10.9 Å². The van der Waals surface area contributed by atoms with Crippen molar-refractivity contribution in [3.63, 3.8) is 0 Å². The van der Waals surface area contributed by atoms with E-state index in [2.05, 4.69) is 20.4 Å². The number of aromatic nitrogens is 4. The summed E-state index contributed by atoms with van der Waals surface area (Å²) < 4.78 is 42.3. The molecule has 5 nitrogen and oxygen atoms in total. The Morgan fingerprint density at radius 1 is 1.20 bits per heavy atom. The minimum atomic E-state index is -2.30. The van der Waals surface area contributed by atoms with E-state index in [9.17, 15) is 13.2 Å². The van der Waals surface area contributed by atoms with Gasteiger partial charge in [-0.3, -0.25) is 0 Å². The standard InChI is InChI=1S/C9H7F3N4OS3/c1-18-9-16-14-7(20-9)6-13-15-8(17-6)19-3-2-4(10)5(11)12/h2-3H2,1H3. The molecule has 0 aliphatic rings. The number of halogens is 3. The number of rotatable bonds is 6. The van der Waals surface area contributed by atoms with Crippen LogP contribution in [0.1, 0.15) is 6.42 Å². The lowest BCUT2D eigenvalue weighted by Gasteiger charge is -1.93. The van der Waals surface area contributed by atoms with E-state index >= 15 is 0 Å². The predicted octanol–water partition coefficient (Wildman–Crippen LogP) is 3.87. The lowest BCUT2D eigenvalue weighted by molar-refractivity contribution is 0.373. The third kappa shape index (κ3) is 3.96. The van der Waals surface area contributed by atoms with Crippen LogP contribution in [0.15, 0.2) is 25.9 Å². The molecule has 2 heterocycles. The van der Waals surface area contributed by atoms with Crippen LogP contribution in [0.5, 0.6) is 0 Å². The lowest BCUT2D eigenvalue weighted by atomic mass is 10.4. The largest absolute Gasteiger partial charge is 0.409 e. The summed E-state index contributed by atoms with van der Waals surface area (Å²) in [7, 11) is 0. The Balaban J connectivity index is 1.94. The molecule has 2 rings (SSSR count). The van der Waals surface area contributed by atoms with E-state index in [1.165, 1.54) is 23.1 Å². The van der Waals surface area contributed by atoms with Crippen LogP contribution in [0.2, 0.25) is 0 Å². The van der Waals surface area contributed by atoms with Crippen LogP contribution in [-0.2, 0) is 0 Å². The van der Waals surface area contributed by atoms with Gasteiger partial charge >= 0.3 is 6.08 Å². The van der Waals surface area contributed by atoms with Gasteiger partial charge in [-0.05, 0) is 6.26 Å². The van der Waals surface area contributed by atoms with Crippen molar-refractivity contribution in [2.24, 2.45) is 0 Å². The van der Waals surface area contributed by atoms with E-state index in [-0.39, 0.29) is 23.3 Å². The van der Waals surface area contributed by atoms with Crippen LogP contribution in [0.25, 0.3) is 10.9 Å². The zero-order valence-electron chi connectivity index (χ0n) is 9.97. The maximum absolute atomic E-state index is 12.6. The fraction of sp³-hybridized carbons (Fsp3) is 0.333. The topological polar surface area (TPSA) is 64.7 Å². The molecule has 2 aromatic heterocycles. The molecule has 0 aliphatic carbocycles. The Kier molecular flexibility index (Phi) is 5.43. The molecule has 0 saturated heterocycles. The second kappa shape index (κ2) is 7.09. The fourth-order valence-electron chi connectivity index (χ4n) is 1.06. The van der Waals surface area contributed by atoms with Crippen LogP contribution in [0, 0.1) is 0 Å². The predicted molar refractivity (Wildman–Crippen MR) is 70.7 cm³/mol. The fourth-order valence-corrected chi connectivity index (χ4v) is 2.94. The monoisotopic (exact) mass is 340 g/mol. The summed E-state index contributed by atoms with van der Waals surface area (Å²) in [6.45, 7) is 0. The van der Waals surface area contributed by atoms with Crippen molar-refractivity contribution >= 4 is 34.9 Å². The molecule has 0 bridgehead atoms. The molecule has 11 heteroatoms. The number of nitrogens with zero attached hydrogens (tertiary/aromatic N) is 4. The number of thioether (sulfide) groups is 2. The molecule has 0 saturated carbocycles. The molecule has 20 heavy (non-hydrogen) atoms. The molecule has 0 spiro atoms. The van der Waals surface area contributed by atoms with E-state index in [0.717, 1.165) is 16.1 Å². The first kappa shape index (κ1) is 15.3. The number of allylic oxidation sites excluding steroid dienone is 1. The minimum Gasteiger partial charge on any atom is -0.409 e. The lowest BCUT2D eigenvalue weighted by Crippen LogP contribution is -1.82. The molecule has 0 fully saturated rings. The Morgan fingerprint density at radius 3 is 2.65 bits per heavy atom. The number of hydrogen-bond acceptors (Lipinski definition) is 8. The van der Waals surface area contributed by atoms with Gasteiger partial charge in [0.25, 0.3) is 11.1 Å². The Hall–Kier alpha value is -1.07. The van der Waals surface area contributed by atoms with Gasteiger partial charge in [-0.1, -0.05) is 34.9 Å². The van der Waals surface area contributed by atoms with Crippen molar-refractivity contribution < 1.29 is 17.6 Å². The molecule has 0 atom stereocenters. The average molecular weight is 340 g/mol. The van der Waals surface area contributed by atoms with Gasteiger partial charge in [0.15, 0.2) is 10.2 Å². The van der Waals surface area contributed by atoms with Gasteiger partial charge in [-0.15, -0.1) is 20.4 Å². The van der Waals surface area contributed by atoms with Crippen LogP contribution >= 0.6 is 34.9 Å². The van der Waals surface area contributed by atoms with Crippen molar-refractivity contribution in [1.82, 2.24) is 20.4 Å². The Labute approximate surface area is 124 Å². The Bertz CT molecular complexity index is 611. The molecule has 0 unspecified atom stereocenters. The van der Waals surface area contributed by atoms with Crippen molar-refractivity contribution in [2.45, 2.75) is 16.0 Å². The van der Waals surface area contributed by atoms with Gasteiger partial charge in [0.2, 0.25) is 5.01 Å². The zero-order valence-corrected chi connectivity index (χ0v) is 12.4. The Morgan fingerprint density at radius 2 is 2.00 bits per heavy atom. The van der Waals surface area contributed by atoms with E-state index in [1.807, 2.05) is 6.26 Å². The van der Waals surface area contributed by atoms with Gasteiger partial charge in [0, 0.05) is 12.2 Å². The third-order valence-electron chi connectivity index (χ3n) is 1.92. The van der Waals surface area contributed by atoms with Crippen LogP contribution in [-0.4, -0.2) is 32.4 Å². The number of hydrogen-bond donors (Lipinski definition) is 0.